The lowest BCUT2D eigenvalue weighted by atomic mass is 10.0. The van der Waals surface area contributed by atoms with E-state index >= 15 is 0 Å². The Morgan fingerprint density at radius 3 is 2.32 bits per heavy atom. The predicted octanol–water partition coefficient (Wildman–Crippen LogP) is 7.93. The summed E-state index contributed by atoms with van der Waals surface area (Å²) in [5, 5.41) is 16.3. The van der Waals surface area contributed by atoms with Gasteiger partial charge in [0.15, 0.2) is 0 Å². The topological polar surface area (TPSA) is 54.7 Å². The van der Waals surface area contributed by atoms with Crippen LogP contribution in [0, 0.1) is 11.3 Å². The summed E-state index contributed by atoms with van der Waals surface area (Å²) in [4.78, 5) is 3.93. The molecule has 1 rings (SSSR count). The van der Waals surface area contributed by atoms with E-state index in [4.69, 9.17) is 5.41 Å². The van der Waals surface area contributed by atoms with E-state index in [-0.39, 0.29) is 23.2 Å². The molecule has 1 unspecified atom stereocenters. The predicted molar refractivity (Wildman–Crippen MR) is 151 cm³/mol. The van der Waals surface area contributed by atoms with Crippen molar-refractivity contribution >= 4 is 18.1 Å². The van der Waals surface area contributed by atoms with Gasteiger partial charge in [-0.15, -0.1) is 0 Å². The maximum atomic E-state index is 13.5. The van der Waals surface area contributed by atoms with Crippen LogP contribution in [0.2, 0.25) is 0 Å². The number of alkyl halides is 3. The highest BCUT2D eigenvalue weighted by Gasteiger charge is 2.31. The van der Waals surface area contributed by atoms with Crippen molar-refractivity contribution in [2.45, 2.75) is 73.0 Å². The Labute approximate surface area is 221 Å². The Kier molecular flexibility index (Phi) is 13.0. The van der Waals surface area contributed by atoms with Crippen molar-refractivity contribution in [2.24, 2.45) is 10.9 Å². The van der Waals surface area contributed by atoms with Crippen LogP contribution in [-0.2, 0) is 6.18 Å². The summed E-state index contributed by atoms with van der Waals surface area (Å²) >= 11 is 0. The fraction of sp³-hybridized carbons (Fsp3) is 0.517. The van der Waals surface area contributed by atoms with Gasteiger partial charge in [-0.05, 0) is 69.2 Å². The summed E-state index contributed by atoms with van der Waals surface area (Å²) in [6.45, 7) is 21.7. The van der Waals surface area contributed by atoms with Crippen LogP contribution in [0.4, 0.5) is 18.9 Å². The van der Waals surface area contributed by atoms with Crippen LogP contribution in [0.5, 0.6) is 0 Å². The number of hydrazine groups is 1. The molecule has 206 valence electrons. The zero-order valence-corrected chi connectivity index (χ0v) is 23.5. The molecule has 0 amide bonds. The third-order valence-corrected chi connectivity index (χ3v) is 6.15. The Morgan fingerprint density at radius 2 is 1.81 bits per heavy atom. The Bertz CT molecular complexity index is 992. The summed E-state index contributed by atoms with van der Waals surface area (Å²) in [6.07, 6.45) is 2.25. The number of allylic oxidation sites excluding steroid dienone is 3. The molecule has 0 radical (unpaired) electrons. The first-order chi connectivity index (χ1) is 17.3. The first kappa shape index (κ1) is 32.3. The first-order valence-corrected chi connectivity index (χ1v) is 12.9. The van der Waals surface area contributed by atoms with E-state index in [1.54, 1.807) is 0 Å². The van der Waals surface area contributed by atoms with E-state index in [2.05, 4.69) is 67.5 Å². The third-order valence-electron chi connectivity index (χ3n) is 6.15. The molecular weight excluding hydrogens is 475 g/mol. The molecule has 8 heteroatoms. The molecule has 0 aromatic heterocycles. The van der Waals surface area contributed by atoms with Crippen LogP contribution >= 0.6 is 0 Å². The molecule has 1 atom stereocenters. The largest absolute Gasteiger partial charge is 0.416 e. The molecule has 0 bridgehead atoms. The summed E-state index contributed by atoms with van der Waals surface area (Å²) in [5.41, 5.74) is 1.55. The minimum atomic E-state index is -4.52. The van der Waals surface area contributed by atoms with E-state index in [0.29, 0.717) is 17.1 Å². The second-order valence-corrected chi connectivity index (χ2v) is 9.65. The van der Waals surface area contributed by atoms with Crippen LogP contribution in [0.15, 0.2) is 58.9 Å². The molecule has 1 aromatic rings. The number of hydrogen-bond donors (Lipinski definition) is 2. The quantitative estimate of drug-likeness (QED) is 0.141. The standard InChI is InChI=1S/C29H44F3N5/c1-10-12-16-37(36(9)15-11-2)22(6)17-21(5)23(7)35-27-14-13-24(29(30,31)32)18-25(27)26(33)19-28(34-8)20(3)4/h13-14,17-20,22,33,35H,7-8,10-12,15-16H2,1-6,9H3/b21-17+,28-19-,33-26?. The minimum Gasteiger partial charge on any atom is -0.355 e. The molecule has 0 saturated carbocycles. The van der Waals surface area contributed by atoms with E-state index in [1.165, 1.54) is 12.1 Å². The normalized spacial score (nSPS) is 13.9. The lowest BCUT2D eigenvalue weighted by molar-refractivity contribution is -0.137. The van der Waals surface area contributed by atoms with Gasteiger partial charge in [0.2, 0.25) is 0 Å². The van der Waals surface area contributed by atoms with Crippen molar-refractivity contribution in [1.29, 1.82) is 5.41 Å². The zero-order chi connectivity index (χ0) is 28.3. The summed E-state index contributed by atoms with van der Waals surface area (Å²) in [7, 11) is 2.09. The van der Waals surface area contributed by atoms with Gasteiger partial charge < -0.3 is 10.7 Å². The minimum absolute atomic E-state index is 0.0248. The molecule has 0 fully saturated rings. The number of rotatable bonds is 15. The highest BCUT2D eigenvalue weighted by molar-refractivity contribution is 6.11. The van der Waals surface area contributed by atoms with E-state index < -0.39 is 11.7 Å². The summed E-state index contributed by atoms with van der Waals surface area (Å²) in [6, 6.07) is 3.45. The van der Waals surface area contributed by atoms with Gasteiger partial charge in [0.25, 0.3) is 0 Å². The van der Waals surface area contributed by atoms with Crippen LogP contribution < -0.4 is 5.32 Å². The van der Waals surface area contributed by atoms with Gasteiger partial charge in [-0.1, -0.05) is 46.8 Å². The number of nitrogens with one attached hydrogen (secondary N) is 2. The zero-order valence-electron chi connectivity index (χ0n) is 23.5. The number of hydrogen-bond acceptors (Lipinski definition) is 5. The smallest absolute Gasteiger partial charge is 0.355 e. The molecule has 5 nitrogen and oxygen atoms in total. The van der Waals surface area contributed by atoms with Gasteiger partial charge in [0.05, 0.1) is 11.3 Å². The summed E-state index contributed by atoms with van der Waals surface area (Å²) < 4.78 is 40.4. The Hall–Kier alpha value is -2.71. The molecule has 0 aliphatic carbocycles. The number of aliphatic imine (C=N–C) groups is 1. The number of nitrogens with zero attached hydrogens (tertiary/aromatic N) is 3. The number of anilines is 1. The molecule has 0 heterocycles. The van der Waals surface area contributed by atoms with Crippen molar-refractivity contribution in [3.05, 3.63) is 65.0 Å². The number of halogens is 3. The fourth-order valence-corrected chi connectivity index (χ4v) is 3.94. The monoisotopic (exact) mass is 519 g/mol. The van der Waals surface area contributed by atoms with Crippen LogP contribution in [0.1, 0.15) is 71.9 Å². The van der Waals surface area contributed by atoms with Crippen LogP contribution in [0.3, 0.4) is 0 Å². The van der Waals surface area contributed by atoms with Gasteiger partial charge in [0, 0.05) is 48.8 Å². The van der Waals surface area contributed by atoms with Crippen LogP contribution in [0.25, 0.3) is 0 Å². The molecule has 0 aliphatic rings. The molecule has 0 spiro atoms. The molecular formula is C29H44F3N5. The van der Waals surface area contributed by atoms with Crippen LogP contribution in [-0.4, -0.2) is 48.6 Å². The highest BCUT2D eigenvalue weighted by atomic mass is 19.4. The average molecular weight is 520 g/mol. The fourth-order valence-electron chi connectivity index (χ4n) is 3.94. The Balaban J connectivity index is 3.33. The van der Waals surface area contributed by atoms with Crippen molar-refractivity contribution in [2.75, 3.05) is 25.5 Å². The van der Waals surface area contributed by atoms with Gasteiger partial charge >= 0.3 is 6.18 Å². The van der Waals surface area contributed by atoms with Gasteiger partial charge in [-0.2, -0.15) is 13.2 Å². The van der Waals surface area contributed by atoms with Crippen molar-refractivity contribution in [1.82, 2.24) is 10.0 Å². The van der Waals surface area contributed by atoms with Crippen molar-refractivity contribution in [3.8, 4) is 0 Å². The average Bonchev–Trinajstić information content (AvgIpc) is 2.81. The second kappa shape index (κ2) is 14.9. The second-order valence-electron chi connectivity index (χ2n) is 9.65. The number of benzene rings is 1. The maximum Gasteiger partial charge on any atom is 0.416 e. The SMILES string of the molecule is C=N/C(=C\C(=N)c1cc(C(F)(F)F)ccc1NC(=C)/C(C)=C/C(C)N(CCCC)N(C)CCC)C(C)C. The lowest BCUT2D eigenvalue weighted by Crippen LogP contribution is -2.45. The first-order valence-electron chi connectivity index (χ1n) is 12.9. The molecule has 2 N–H and O–H groups in total. The Morgan fingerprint density at radius 1 is 1.16 bits per heavy atom. The third kappa shape index (κ3) is 9.93. The van der Waals surface area contributed by atoms with Gasteiger partial charge in [0.1, 0.15) is 0 Å². The maximum absolute atomic E-state index is 13.5. The molecule has 0 saturated heterocycles. The van der Waals surface area contributed by atoms with Crippen molar-refractivity contribution in [3.63, 3.8) is 0 Å². The molecule has 1 aromatic carbocycles. The molecule has 37 heavy (non-hydrogen) atoms. The van der Waals surface area contributed by atoms with Crippen molar-refractivity contribution < 1.29 is 13.2 Å². The summed E-state index contributed by atoms with van der Waals surface area (Å²) in [5.74, 6) is -0.0248. The van der Waals surface area contributed by atoms with E-state index in [9.17, 15) is 13.2 Å². The van der Waals surface area contributed by atoms with E-state index in [0.717, 1.165) is 50.1 Å². The van der Waals surface area contributed by atoms with E-state index in [1.807, 2.05) is 20.8 Å². The lowest BCUT2D eigenvalue weighted by Gasteiger charge is -2.36. The highest BCUT2D eigenvalue weighted by Crippen LogP contribution is 2.33. The van der Waals surface area contributed by atoms with Gasteiger partial charge in [-0.25, -0.2) is 10.0 Å². The molecule has 0 aliphatic heterocycles. The number of unbranched alkanes of at least 4 members (excludes halogenated alkanes) is 1. The van der Waals surface area contributed by atoms with Gasteiger partial charge in [-0.3, -0.25) is 4.99 Å².